The first kappa shape index (κ1) is 15.0. The molecule has 2 rings (SSSR count). The summed E-state index contributed by atoms with van der Waals surface area (Å²) in [6.45, 7) is 4.81. The van der Waals surface area contributed by atoms with Crippen molar-refractivity contribution in [2.24, 2.45) is 0 Å². The smallest absolute Gasteiger partial charge is 0.234 e. The summed E-state index contributed by atoms with van der Waals surface area (Å²) in [5.74, 6) is 0.136. The van der Waals surface area contributed by atoms with E-state index < -0.39 is 0 Å². The van der Waals surface area contributed by atoms with Crippen LogP contribution >= 0.6 is 0 Å². The number of nitrogens with one attached hydrogen (secondary N) is 1. The number of amides is 1. The van der Waals surface area contributed by atoms with Crippen LogP contribution in [0.3, 0.4) is 0 Å². The fourth-order valence-electron chi connectivity index (χ4n) is 2.70. The topological polar surface area (TPSA) is 45.2 Å². The molecule has 0 spiro atoms. The number of hydrogen-bond donors (Lipinski definition) is 1. The summed E-state index contributed by atoms with van der Waals surface area (Å²) >= 11 is 0. The molecule has 0 radical (unpaired) electrons. The molecule has 110 valence electrons. The quantitative estimate of drug-likeness (QED) is 0.831. The molecule has 1 atom stereocenters. The van der Waals surface area contributed by atoms with Gasteiger partial charge < -0.3 is 5.32 Å². The number of carbonyl (C=O) groups is 1. The molecule has 1 fully saturated rings. The number of nitrogens with zero attached hydrogens (tertiary/aromatic N) is 2. The standard InChI is InChI=1S/C16H25N3O/c1-2-3-8-15(14-7-6-9-17-12-14)18-16(20)13-19-10-4-5-11-19/h6-7,9,12,15H,2-5,8,10-11,13H2,1H3,(H,18,20). The number of hydrogen-bond acceptors (Lipinski definition) is 3. The minimum Gasteiger partial charge on any atom is -0.348 e. The monoisotopic (exact) mass is 275 g/mol. The second-order valence-corrected chi connectivity index (χ2v) is 5.53. The molecular weight excluding hydrogens is 250 g/mol. The first-order valence-corrected chi connectivity index (χ1v) is 7.71. The lowest BCUT2D eigenvalue weighted by Gasteiger charge is -2.21. The Morgan fingerprint density at radius 3 is 2.90 bits per heavy atom. The summed E-state index contributed by atoms with van der Waals surface area (Å²) in [5, 5.41) is 3.17. The highest BCUT2D eigenvalue weighted by Crippen LogP contribution is 2.18. The van der Waals surface area contributed by atoms with Crippen LogP contribution in [-0.4, -0.2) is 35.4 Å². The predicted molar refractivity (Wildman–Crippen MR) is 80.3 cm³/mol. The molecule has 1 N–H and O–H groups in total. The lowest BCUT2D eigenvalue weighted by Crippen LogP contribution is -2.37. The van der Waals surface area contributed by atoms with E-state index >= 15 is 0 Å². The zero-order valence-electron chi connectivity index (χ0n) is 12.3. The van der Waals surface area contributed by atoms with Crippen molar-refractivity contribution in [1.29, 1.82) is 0 Å². The van der Waals surface area contributed by atoms with E-state index in [0.29, 0.717) is 6.54 Å². The first-order valence-electron chi connectivity index (χ1n) is 7.71. The van der Waals surface area contributed by atoms with E-state index in [1.165, 1.54) is 12.8 Å². The summed E-state index contributed by atoms with van der Waals surface area (Å²) in [6, 6.07) is 4.07. The van der Waals surface area contributed by atoms with Gasteiger partial charge in [0.2, 0.25) is 5.91 Å². The fraction of sp³-hybridized carbons (Fsp3) is 0.625. The summed E-state index contributed by atoms with van der Waals surface area (Å²) in [7, 11) is 0. The van der Waals surface area contributed by atoms with Gasteiger partial charge in [0.1, 0.15) is 0 Å². The average molecular weight is 275 g/mol. The molecule has 0 aliphatic carbocycles. The molecule has 1 aliphatic rings. The van der Waals surface area contributed by atoms with Gasteiger partial charge in [-0.15, -0.1) is 0 Å². The maximum absolute atomic E-state index is 12.2. The van der Waals surface area contributed by atoms with Crippen LogP contribution in [0.5, 0.6) is 0 Å². The molecule has 1 aromatic rings. The molecule has 2 heterocycles. The Balaban J connectivity index is 1.91. The number of unbranched alkanes of at least 4 members (excludes halogenated alkanes) is 1. The Bertz CT molecular complexity index is 401. The van der Waals surface area contributed by atoms with Gasteiger partial charge in [-0.25, -0.2) is 0 Å². The van der Waals surface area contributed by atoms with Crippen LogP contribution in [0.15, 0.2) is 24.5 Å². The maximum atomic E-state index is 12.2. The van der Waals surface area contributed by atoms with Crippen molar-refractivity contribution in [3.63, 3.8) is 0 Å². The fourth-order valence-corrected chi connectivity index (χ4v) is 2.70. The molecule has 4 heteroatoms. The van der Waals surface area contributed by atoms with E-state index in [-0.39, 0.29) is 11.9 Å². The molecule has 4 nitrogen and oxygen atoms in total. The van der Waals surface area contributed by atoms with E-state index in [2.05, 4.69) is 22.1 Å². The third kappa shape index (κ3) is 4.60. The molecule has 0 saturated carbocycles. The van der Waals surface area contributed by atoms with Crippen molar-refractivity contribution < 1.29 is 4.79 Å². The van der Waals surface area contributed by atoms with Crippen LogP contribution < -0.4 is 5.32 Å². The molecule has 1 aromatic heterocycles. The third-order valence-corrected chi connectivity index (χ3v) is 3.83. The second-order valence-electron chi connectivity index (χ2n) is 5.53. The minimum absolute atomic E-state index is 0.0961. The van der Waals surface area contributed by atoms with E-state index in [0.717, 1.165) is 37.9 Å². The van der Waals surface area contributed by atoms with Gasteiger partial charge in [0.15, 0.2) is 0 Å². The molecule has 1 aliphatic heterocycles. The Kier molecular flexibility index (Phi) is 5.99. The Hall–Kier alpha value is -1.42. The molecule has 1 saturated heterocycles. The zero-order valence-corrected chi connectivity index (χ0v) is 12.3. The summed E-state index contributed by atoms with van der Waals surface area (Å²) in [5.41, 5.74) is 1.11. The normalized spacial score (nSPS) is 17.1. The van der Waals surface area contributed by atoms with E-state index in [4.69, 9.17) is 0 Å². The van der Waals surface area contributed by atoms with Crippen molar-refractivity contribution in [3.8, 4) is 0 Å². The van der Waals surface area contributed by atoms with Crippen LogP contribution in [0.2, 0.25) is 0 Å². The Morgan fingerprint density at radius 1 is 1.45 bits per heavy atom. The van der Waals surface area contributed by atoms with Gasteiger partial charge in [0, 0.05) is 12.4 Å². The number of pyridine rings is 1. The van der Waals surface area contributed by atoms with Gasteiger partial charge in [0.25, 0.3) is 0 Å². The average Bonchev–Trinajstić information content (AvgIpc) is 2.97. The summed E-state index contributed by atoms with van der Waals surface area (Å²) in [4.78, 5) is 18.6. The van der Waals surface area contributed by atoms with Crippen molar-refractivity contribution in [1.82, 2.24) is 15.2 Å². The van der Waals surface area contributed by atoms with Gasteiger partial charge in [-0.2, -0.15) is 0 Å². The van der Waals surface area contributed by atoms with Gasteiger partial charge in [0.05, 0.1) is 12.6 Å². The molecular formula is C16H25N3O. The van der Waals surface area contributed by atoms with E-state index in [9.17, 15) is 4.79 Å². The highest BCUT2D eigenvalue weighted by atomic mass is 16.2. The van der Waals surface area contributed by atoms with Crippen molar-refractivity contribution in [2.75, 3.05) is 19.6 Å². The summed E-state index contributed by atoms with van der Waals surface area (Å²) < 4.78 is 0. The lowest BCUT2D eigenvalue weighted by atomic mass is 10.0. The maximum Gasteiger partial charge on any atom is 0.234 e. The van der Waals surface area contributed by atoms with Crippen LogP contribution in [0.1, 0.15) is 50.6 Å². The van der Waals surface area contributed by atoms with Gasteiger partial charge in [-0.05, 0) is 44.0 Å². The van der Waals surface area contributed by atoms with E-state index in [1.54, 1.807) is 6.20 Å². The second kappa shape index (κ2) is 8.00. The van der Waals surface area contributed by atoms with E-state index in [1.807, 2.05) is 18.3 Å². The summed E-state index contributed by atoms with van der Waals surface area (Å²) in [6.07, 6.45) is 9.30. The van der Waals surface area contributed by atoms with Gasteiger partial charge >= 0.3 is 0 Å². The van der Waals surface area contributed by atoms with Gasteiger partial charge in [-0.1, -0.05) is 25.8 Å². The molecule has 0 aromatic carbocycles. The van der Waals surface area contributed by atoms with Crippen LogP contribution in [0, 0.1) is 0 Å². The molecule has 20 heavy (non-hydrogen) atoms. The van der Waals surface area contributed by atoms with Crippen LogP contribution in [0.25, 0.3) is 0 Å². The highest BCUT2D eigenvalue weighted by Gasteiger charge is 2.18. The minimum atomic E-state index is 0.0961. The predicted octanol–water partition coefficient (Wildman–Crippen LogP) is 2.52. The third-order valence-electron chi connectivity index (χ3n) is 3.83. The van der Waals surface area contributed by atoms with Crippen molar-refractivity contribution in [2.45, 2.75) is 45.1 Å². The highest BCUT2D eigenvalue weighted by molar-refractivity contribution is 5.78. The molecule has 1 amide bonds. The SMILES string of the molecule is CCCCC(NC(=O)CN1CCCC1)c1cccnc1. The lowest BCUT2D eigenvalue weighted by molar-refractivity contribution is -0.122. The van der Waals surface area contributed by atoms with Crippen molar-refractivity contribution >= 4 is 5.91 Å². The molecule has 1 unspecified atom stereocenters. The number of likely N-dealkylation sites (tertiary alicyclic amines) is 1. The Labute approximate surface area is 121 Å². The zero-order chi connectivity index (χ0) is 14.2. The Morgan fingerprint density at radius 2 is 2.25 bits per heavy atom. The largest absolute Gasteiger partial charge is 0.348 e. The number of carbonyl (C=O) groups excluding carboxylic acids is 1. The molecule has 0 bridgehead atoms. The van der Waals surface area contributed by atoms with Crippen LogP contribution in [0.4, 0.5) is 0 Å². The number of rotatable bonds is 7. The number of aromatic nitrogens is 1. The van der Waals surface area contributed by atoms with Gasteiger partial charge in [-0.3, -0.25) is 14.7 Å². The van der Waals surface area contributed by atoms with Crippen LogP contribution in [-0.2, 0) is 4.79 Å². The first-order chi connectivity index (χ1) is 9.79. The van der Waals surface area contributed by atoms with Crippen molar-refractivity contribution in [3.05, 3.63) is 30.1 Å².